The van der Waals surface area contributed by atoms with Gasteiger partial charge in [0.25, 0.3) is 0 Å². The Morgan fingerprint density at radius 2 is 1.92 bits per heavy atom. The molecule has 1 aromatic rings. The Hall–Kier alpha value is -1.59. The van der Waals surface area contributed by atoms with Gasteiger partial charge in [-0.2, -0.15) is 9.97 Å². The van der Waals surface area contributed by atoms with E-state index in [0.29, 0.717) is 12.6 Å². The van der Waals surface area contributed by atoms with Crippen molar-refractivity contribution < 1.29 is 9.47 Å². The van der Waals surface area contributed by atoms with Crippen LogP contribution in [0.2, 0.25) is 0 Å². The van der Waals surface area contributed by atoms with E-state index in [9.17, 15) is 0 Å². The van der Waals surface area contributed by atoms with E-state index in [1.807, 2.05) is 6.92 Å². The highest BCUT2D eigenvalue weighted by atomic mass is 16.5. The largest absolute Gasteiger partial charge is 0.467 e. The molecule has 0 aliphatic rings. The van der Waals surface area contributed by atoms with Gasteiger partial charge in [0, 0.05) is 7.05 Å². The first-order valence-electron chi connectivity index (χ1n) is 3.90. The van der Waals surface area contributed by atoms with Gasteiger partial charge in [-0.1, -0.05) is 0 Å². The number of aromatic nitrogens is 3. The maximum Gasteiger partial charge on any atom is 0.324 e. The van der Waals surface area contributed by atoms with Crippen molar-refractivity contribution in [2.24, 2.45) is 0 Å². The third-order valence-corrected chi connectivity index (χ3v) is 1.27. The zero-order valence-electron chi connectivity index (χ0n) is 7.87. The van der Waals surface area contributed by atoms with E-state index in [1.165, 1.54) is 7.11 Å². The molecule has 0 unspecified atom stereocenters. The highest BCUT2D eigenvalue weighted by Gasteiger charge is 2.05. The summed E-state index contributed by atoms with van der Waals surface area (Å²) in [6, 6.07) is 0.501. The molecule has 0 saturated heterocycles. The Morgan fingerprint density at radius 1 is 1.23 bits per heavy atom. The van der Waals surface area contributed by atoms with Gasteiger partial charge in [-0.05, 0) is 6.92 Å². The van der Waals surface area contributed by atoms with Crippen molar-refractivity contribution in [1.29, 1.82) is 0 Å². The minimum absolute atomic E-state index is 0.239. The number of hydrogen-bond acceptors (Lipinski definition) is 6. The van der Waals surface area contributed by atoms with Crippen LogP contribution in [-0.2, 0) is 0 Å². The van der Waals surface area contributed by atoms with Crippen LogP contribution in [0.15, 0.2) is 0 Å². The predicted molar refractivity (Wildman–Crippen MR) is 47.1 cm³/mol. The molecule has 13 heavy (non-hydrogen) atoms. The average Bonchev–Trinajstić information content (AvgIpc) is 2.17. The van der Waals surface area contributed by atoms with E-state index in [1.54, 1.807) is 7.05 Å². The lowest BCUT2D eigenvalue weighted by Gasteiger charge is -2.04. The highest BCUT2D eigenvalue weighted by Crippen LogP contribution is 2.11. The highest BCUT2D eigenvalue weighted by molar-refractivity contribution is 5.26. The zero-order chi connectivity index (χ0) is 9.68. The van der Waals surface area contributed by atoms with Gasteiger partial charge in [0.15, 0.2) is 0 Å². The smallest absolute Gasteiger partial charge is 0.324 e. The molecule has 72 valence electrons. The van der Waals surface area contributed by atoms with Crippen LogP contribution in [0.1, 0.15) is 6.92 Å². The molecule has 6 heteroatoms. The molecule has 0 bridgehead atoms. The van der Waals surface area contributed by atoms with E-state index in [0.717, 1.165) is 0 Å². The summed E-state index contributed by atoms with van der Waals surface area (Å²) in [5, 5.41) is 2.78. The number of nitrogens with one attached hydrogen (secondary N) is 1. The van der Waals surface area contributed by atoms with Crippen molar-refractivity contribution in [2.75, 3.05) is 26.1 Å². The Labute approximate surface area is 76.3 Å². The fourth-order valence-electron chi connectivity index (χ4n) is 0.735. The molecule has 0 amide bonds. The molecule has 1 N–H and O–H groups in total. The molecule has 0 atom stereocenters. The summed E-state index contributed by atoms with van der Waals surface area (Å²) in [7, 11) is 3.20. The van der Waals surface area contributed by atoms with Crippen molar-refractivity contribution in [2.45, 2.75) is 6.92 Å². The van der Waals surface area contributed by atoms with Gasteiger partial charge in [0.2, 0.25) is 5.95 Å². The molecule has 0 radical (unpaired) electrons. The standard InChI is InChI=1S/C7H12N4O2/c1-4-13-7-10-5(8-2)9-6(11-7)12-3/h4H2,1-3H3,(H,8,9,10,11). The molecule has 0 aliphatic carbocycles. The fourth-order valence-corrected chi connectivity index (χ4v) is 0.735. The summed E-state index contributed by atoms with van der Waals surface area (Å²) in [6.07, 6.45) is 0. The van der Waals surface area contributed by atoms with Gasteiger partial charge in [-0.25, -0.2) is 0 Å². The van der Waals surface area contributed by atoms with E-state index < -0.39 is 0 Å². The van der Waals surface area contributed by atoms with Crippen LogP contribution < -0.4 is 14.8 Å². The van der Waals surface area contributed by atoms with Crippen LogP contribution in [0.4, 0.5) is 5.95 Å². The molecular weight excluding hydrogens is 172 g/mol. The van der Waals surface area contributed by atoms with Crippen LogP contribution in [0.3, 0.4) is 0 Å². The van der Waals surface area contributed by atoms with E-state index in [-0.39, 0.29) is 12.0 Å². The lowest BCUT2D eigenvalue weighted by Crippen LogP contribution is -2.05. The first kappa shape index (κ1) is 9.50. The van der Waals surface area contributed by atoms with Gasteiger partial charge in [-0.15, -0.1) is 4.98 Å². The van der Waals surface area contributed by atoms with Crippen LogP contribution in [0.5, 0.6) is 12.0 Å². The van der Waals surface area contributed by atoms with Crippen LogP contribution in [0.25, 0.3) is 0 Å². The number of hydrogen-bond donors (Lipinski definition) is 1. The maximum atomic E-state index is 5.11. The lowest BCUT2D eigenvalue weighted by molar-refractivity contribution is 0.298. The monoisotopic (exact) mass is 184 g/mol. The molecule has 0 aliphatic heterocycles. The molecule has 0 saturated carbocycles. The minimum Gasteiger partial charge on any atom is -0.467 e. The summed E-state index contributed by atoms with van der Waals surface area (Å²) < 4.78 is 9.97. The molecular formula is C7H12N4O2. The summed E-state index contributed by atoms with van der Waals surface area (Å²) >= 11 is 0. The second-order valence-electron chi connectivity index (χ2n) is 2.11. The first-order chi connectivity index (χ1) is 6.30. The zero-order valence-corrected chi connectivity index (χ0v) is 7.87. The van der Waals surface area contributed by atoms with Gasteiger partial charge in [-0.3, -0.25) is 0 Å². The van der Waals surface area contributed by atoms with E-state index >= 15 is 0 Å². The summed E-state index contributed by atoms with van der Waals surface area (Å²) in [5.41, 5.74) is 0. The molecule has 1 aromatic heterocycles. The molecule has 6 nitrogen and oxygen atoms in total. The number of rotatable bonds is 4. The number of nitrogens with zero attached hydrogens (tertiary/aromatic N) is 3. The number of methoxy groups -OCH3 is 1. The van der Waals surface area contributed by atoms with Crippen molar-refractivity contribution in [3.63, 3.8) is 0 Å². The topological polar surface area (TPSA) is 69.2 Å². The van der Waals surface area contributed by atoms with Crippen LogP contribution in [-0.4, -0.2) is 35.7 Å². The second kappa shape index (κ2) is 4.44. The molecule has 1 heterocycles. The second-order valence-corrected chi connectivity index (χ2v) is 2.11. The van der Waals surface area contributed by atoms with Gasteiger partial charge >= 0.3 is 12.0 Å². The minimum atomic E-state index is 0.239. The normalized spacial score (nSPS) is 9.46. The molecule has 1 rings (SSSR count). The lowest BCUT2D eigenvalue weighted by atomic mass is 10.8. The first-order valence-corrected chi connectivity index (χ1v) is 3.90. The van der Waals surface area contributed by atoms with Crippen molar-refractivity contribution >= 4 is 5.95 Å². The van der Waals surface area contributed by atoms with Crippen LogP contribution >= 0.6 is 0 Å². The summed E-state index contributed by atoms with van der Waals surface area (Å²) in [5.74, 6) is 0.426. The van der Waals surface area contributed by atoms with Crippen LogP contribution in [0, 0.1) is 0 Å². The molecule has 0 aromatic carbocycles. The number of anilines is 1. The van der Waals surface area contributed by atoms with Gasteiger partial charge < -0.3 is 14.8 Å². The Balaban J connectivity index is 2.93. The van der Waals surface area contributed by atoms with Gasteiger partial charge in [0.05, 0.1) is 13.7 Å². The Kier molecular flexibility index (Phi) is 3.24. The Morgan fingerprint density at radius 3 is 2.46 bits per heavy atom. The average molecular weight is 184 g/mol. The van der Waals surface area contributed by atoms with Crippen molar-refractivity contribution in [3.8, 4) is 12.0 Å². The van der Waals surface area contributed by atoms with E-state index in [2.05, 4.69) is 20.3 Å². The SMILES string of the molecule is CCOc1nc(NC)nc(OC)n1. The number of ether oxygens (including phenoxy) is 2. The maximum absolute atomic E-state index is 5.11. The predicted octanol–water partition coefficient (Wildman–Crippen LogP) is 0.321. The van der Waals surface area contributed by atoms with Crippen molar-refractivity contribution in [1.82, 2.24) is 15.0 Å². The van der Waals surface area contributed by atoms with E-state index in [4.69, 9.17) is 9.47 Å². The molecule has 0 spiro atoms. The van der Waals surface area contributed by atoms with Crippen molar-refractivity contribution in [3.05, 3.63) is 0 Å². The quantitative estimate of drug-likeness (QED) is 0.726. The van der Waals surface area contributed by atoms with Gasteiger partial charge in [0.1, 0.15) is 0 Å². The summed E-state index contributed by atoms with van der Waals surface area (Å²) in [4.78, 5) is 11.8. The molecule has 0 fully saturated rings. The third-order valence-electron chi connectivity index (χ3n) is 1.27. The Bertz CT molecular complexity index is 257. The third kappa shape index (κ3) is 2.43. The fraction of sp³-hybridized carbons (Fsp3) is 0.571. The summed E-state index contributed by atoms with van der Waals surface area (Å²) in [6.45, 7) is 2.37.